The maximum atomic E-state index is 13.2. The van der Waals surface area contributed by atoms with E-state index < -0.39 is 37.5 Å². The van der Waals surface area contributed by atoms with Crippen LogP contribution in [0, 0.1) is 30.7 Å². The van der Waals surface area contributed by atoms with Gasteiger partial charge in [0, 0.05) is 17.8 Å². The maximum absolute atomic E-state index is 13.2. The van der Waals surface area contributed by atoms with Crippen molar-refractivity contribution in [2.24, 2.45) is 0 Å². The molecular weight excluding hydrogens is 1060 g/mol. The van der Waals surface area contributed by atoms with Gasteiger partial charge in [0.05, 0.1) is 24.6 Å². The molecule has 0 aliphatic carbocycles. The Morgan fingerprint density at radius 3 is 1.13 bits per heavy atom. The number of aromatic carboxylic acids is 3. The van der Waals surface area contributed by atoms with Gasteiger partial charge in [-0.15, -0.1) is 12.1 Å². The molecule has 0 radical (unpaired) electrons. The number of carboxylic acids is 3. The summed E-state index contributed by atoms with van der Waals surface area (Å²) in [7, 11) is -1.46. The van der Waals surface area contributed by atoms with Gasteiger partial charge >= 0.3 is 39.0 Å². The quantitative estimate of drug-likeness (QED) is 0.0920. The maximum Gasteiger partial charge on any atom is 2.00 e. The van der Waals surface area contributed by atoms with E-state index in [0.717, 1.165) is 45.5 Å². The van der Waals surface area contributed by atoms with Crippen LogP contribution >= 0.6 is 7.92 Å². The molecule has 0 fully saturated rings. The van der Waals surface area contributed by atoms with Gasteiger partial charge in [0.2, 0.25) is 0 Å². The molecule has 0 aliphatic rings. The van der Waals surface area contributed by atoms with E-state index in [-0.39, 0.29) is 43.3 Å². The van der Waals surface area contributed by atoms with E-state index in [0.29, 0.717) is 5.69 Å². The van der Waals surface area contributed by atoms with Crippen LogP contribution in [0.15, 0.2) is 206 Å². The van der Waals surface area contributed by atoms with E-state index in [9.17, 15) is 38.5 Å². The van der Waals surface area contributed by atoms with E-state index in [1.165, 1.54) is 21.5 Å². The minimum Gasteiger partial charge on any atom is -0.478 e. The third kappa shape index (κ3) is 13.0. The molecule has 68 heavy (non-hydrogen) atoms. The van der Waals surface area contributed by atoms with Crippen molar-refractivity contribution < 1.29 is 59.5 Å². The number of halogens is 2. The smallest absolute Gasteiger partial charge is 0.478 e. The van der Waals surface area contributed by atoms with Crippen LogP contribution in [0.4, 0.5) is 8.78 Å². The molecule has 9 rings (SSSR count). The number of pyridine rings is 1. The number of aryl methyl sites for hydroxylation is 1. The van der Waals surface area contributed by atoms with Gasteiger partial charge in [-0.05, 0) is 118 Å². The van der Waals surface area contributed by atoms with Crippen LogP contribution in [-0.2, 0) is 21.1 Å². The van der Waals surface area contributed by atoms with Crippen molar-refractivity contribution in [3.8, 4) is 44.6 Å². The Bertz CT molecular complexity index is 2850. The van der Waals surface area contributed by atoms with E-state index in [4.69, 9.17) is 0 Å². The van der Waals surface area contributed by atoms with Gasteiger partial charge in [-0.1, -0.05) is 103 Å². The summed E-state index contributed by atoms with van der Waals surface area (Å²) in [4.78, 5) is 37.8. The fourth-order valence-corrected chi connectivity index (χ4v) is 9.53. The topological polar surface area (TPSA) is 125 Å². The molecule has 0 bridgehead atoms. The van der Waals surface area contributed by atoms with E-state index in [1.807, 2.05) is 60.7 Å². The molecule has 0 amide bonds. The van der Waals surface area contributed by atoms with Crippen LogP contribution in [0.2, 0.25) is 0 Å². The molecule has 1 heterocycles. The zero-order chi connectivity index (χ0) is 47.3. The minimum absolute atomic E-state index is 0. The number of aromatic nitrogens is 1. The average molecular weight is 1100 g/mol. The second-order valence-electron chi connectivity index (χ2n) is 15.1. The van der Waals surface area contributed by atoms with Crippen LogP contribution in [0.1, 0.15) is 36.6 Å². The molecule has 9 aromatic rings. The number of carbonyl (C=O) groups is 3. The molecule has 0 saturated heterocycles. The molecule has 0 saturated carbocycles. The number of nitrogens with zero attached hydrogens (tertiary/aromatic N) is 1. The summed E-state index contributed by atoms with van der Waals surface area (Å²) >= 11 is 0. The first-order valence-electron chi connectivity index (χ1n) is 20.8. The largest absolute Gasteiger partial charge is 2.00 e. The number of hydrogen-bond donors (Lipinski definition) is 3. The Morgan fingerprint density at radius 1 is 0.500 bits per heavy atom. The Hall–Kier alpha value is -7.70. The van der Waals surface area contributed by atoms with Crippen LogP contribution < -0.4 is 15.9 Å². The molecule has 7 nitrogen and oxygen atoms in total. The van der Waals surface area contributed by atoms with Gasteiger partial charge in [-0.2, -0.15) is 35.9 Å². The number of carboxylic acid groups (broad SMARTS) is 3. The summed E-state index contributed by atoms with van der Waals surface area (Å²) in [5, 5.41) is 31.3. The van der Waals surface area contributed by atoms with Crippen molar-refractivity contribution in [2.75, 3.05) is 0 Å². The molecule has 0 unspecified atom stereocenters. The van der Waals surface area contributed by atoms with E-state index >= 15 is 0 Å². The van der Waals surface area contributed by atoms with E-state index in [1.54, 1.807) is 60.8 Å². The van der Waals surface area contributed by atoms with Gasteiger partial charge in [0.25, 0.3) is 0 Å². The summed E-state index contributed by atoms with van der Waals surface area (Å²) in [5.74, 6) is -4.16. The monoisotopic (exact) mass is 1100 g/mol. The molecule has 1 aromatic heterocycles. The van der Waals surface area contributed by atoms with Crippen LogP contribution in [0.25, 0.3) is 44.6 Å². The first kappa shape index (κ1) is 49.7. The Morgan fingerprint density at radius 2 is 0.853 bits per heavy atom. The summed E-state index contributed by atoms with van der Waals surface area (Å²) < 4.78 is 25.8. The third-order valence-corrected chi connectivity index (χ3v) is 13.3. The first-order chi connectivity index (χ1) is 32.4. The predicted molar refractivity (Wildman–Crippen MR) is 262 cm³/mol. The second-order valence-corrected chi connectivity index (χ2v) is 17.6. The molecule has 11 heteroatoms. The van der Waals surface area contributed by atoms with Crippen molar-refractivity contribution in [2.45, 2.75) is 6.92 Å². The minimum atomic E-state index is -1.46. The first-order valence-corrected chi connectivity index (χ1v) is 22.3. The zero-order valence-electron chi connectivity index (χ0n) is 36.2. The molecule has 338 valence electrons. The van der Waals surface area contributed by atoms with E-state index in [2.05, 4.69) is 96.8 Å². The van der Waals surface area contributed by atoms with Crippen molar-refractivity contribution in [1.29, 1.82) is 0 Å². The predicted octanol–water partition coefficient (Wildman–Crippen LogP) is 11.9. The number of rotatable bonds is 10. The van der Waals surface area contributed by atoms with Gasteiger partial charge in [0.1, 0.15) is 15.9 Å². The fourth-order valence-electron chi connectivity index (χ4n) is 7.03. The summed E-state index contributed by atoms with van der Waals surface area (Å²) in [6.45, 7) is 2.06. The third-order valence-electron chi connectivity index (χ3n) is 10.6. The molecule has 0 spiro atoms. The molecule has 8 aromatic carbocycles. The normalized spacial score (nSPS) is 10.4. The van der Waals surface area contributed by atoms with Crippen LogP contribution in [-0.4, -0.2) is 38.2 Å². The summed E-state index contributed by atoms with van der Waals surface area (Å²) in [6, 6.07) is 66.0. The van der Waals surface area contributed by atoms with Gasteiger partial charge in [-0.3, -0.25) is 8.78 Å². The molecule has 3 N–H and O–H groups in total. The Kier molecular flexibility index (Phi) is 17.3. The second kappa shape index (κ2) is 23.7. The standard InChI is InChI=1S/C39H27O6P.C11H6F2N.C7H7.Pt/c40-37(41)31-7-1-25(2-8-31)28-13-19-34(20-14-28)46(35-21-15-29(16-22-35)26-3-9-32(10-4-26)38(42)43)36-23-17-30(18-24-36)27-5-11-33(12-6-27)39(44)45;12-8-4-5-9(10(13)7-8)11-3-1-2-6-14-11;1-7-5-3-2-4-6-7;/h1-24H,(H,40,41)(H,42,43)(H,44,45);1-4,6-7H;3-6H,1H3;/q;2*-1;+2/p+1. The summed E-state index contributed by atoms with van der Waals surface area (Å²) in [6.07, 6.45) is 1.55. The molecule has 0 aliphatic heterocycles. The Labute approximate surface area is 408 Å². The average Bonchev–Trinajstić information content (AvgIpc) is 3.36. The van der Waals surface area contributed by atoms with Crippen LogP contribution in [0.3, 0.4) is 0 Å². The van der Waals surface area contributed by atoms with Crippen LogP contribution in [0.5, 0.6) is 0 Å². The Balaban J connectivity index is 0.000000283. The number of hydrogen-bond acceptors (Lipinski definition) is 4. The van der Waals surface area contributed by atoms with Gasteiger partial charge < -0.3 is 20.3 Å². The molecular formula is C57H41F2NO6PPt+. The molecule has 0 atom stereocenters. The fraction of sp³-hybridized carbons (Fsp3) is 0.0175. The van der Waals surface area contributed by atoms with Gasteiger partial charge in [-0.25, -0.2) is 14.4 Å². The van der Waals surface area contributed by atoms with Crippen molar-refractivity contribution in [1.82, 2.24) is 4.98 Å². The summed E-state index contributed by atoms with van der Waals surface area (Å²) in [5.41, 5.74) is 8.42. The zero-order valence-corrected chi connectivity index (χ0v) is 39.5. The number of benzene rings is 8. The van der Waals surface area contributed by atoms with Crippen molar-refractivity contribution in [3.05, 3.63) is 252 Å². The van der Waals surface area contributed by atoms with Crippen molar-refractivity contribution in [3.63, 3.8) is 0 Å². The SMILES string of the molecule is Cc1cc[c-]cc1.Fc1c[c-]c(-c2ccccn2)c(F)c1.O=C(O)c1ccc(-c2ccc([PH+](c3ccc(-c4ccc(C(=O)O)cc4)cc3)c3ccc(-c4ccc(C(=O)O)cc4)cc3)cc2)cc1.[Pt+2]. The van der Waals surface area contributed by atoms with Gasteiger partial charge in [0.15, 0.2) is 0 Å². The van der Waals surface area contributed by atoms with Crippen molar-refractivity contribution >= 4 is 41.7 Å².